The van der Waals surface area contributed by atoms with Crippen molar-refractivity contribution < 1.29 is 31.5 Å². The Hall–Kier alpha value is -2.11. The third-order valence-corrected chi connectivity index (χ3v) is 1.49. The van der Waals surface area contributed by atoms with Crippen LogP contribution in [-0.4, -0.2) is 16.7 Å². The van der Waals surface area contributed by atoms with Crippen LogP contribution in [0.4, 0.5) is 10.5 Å². The molecule has 0 aliphatic carbocycles. The highest BCUT2D eigenvalue weighted by molar-refractivity contribution is 5.64. The summed E-state index contributed by atoms with van der Waals surface area (Å²) in [4.78, 5) is 21.7. The summed E-state index contributed by atoms with van der Waals surface area (Å²) in [5, 5.41) is 10.5. The van der Waals surface area contributed by atoms with E-state index in [1.807, 2.05) is 0 Å². The summed E-state index contributed by atoms with van der Waals surface area (Å²) in [5.41, 5.74) is -4.17. The summed E-state index contributed by atoms with van der Waals surface area (Å²) >= 11 is 0. The molecule has 0 bridgehead atoms. The van der Waals surface area contributed by atoms with Crippen LogP contribution in [0.25, 0.3) is 0 Å². The number of ether oxygens (including phenoxy) is 2. The van der Waals surface area contributed by atoms with Gasteiger partial charge >= 0.3 is 6.16 Å². The maximum atomic E-state index is 11.9. The summed E-state index contributed by atoms with van der Waals surface area (Å²) in [6.45, 7) is -11.2. The first-order valence-electron chi connectivity index (χ1n) is 8.68. The fourth-order valence-corrected chi connectivity index (χ4v) is 0.878. The molecule has 17 heavy (non-hydrogen) atoms. The van der Waals surface area contributed by atoms with Crippen LogP contribution in [0.2, 0.25) is 0 Å². The number of benzene rings is 1. The van der Waals surface area contributed by atoms with Gasteiger partial charge in [-0.1, -0.05) is 0 Å². The molecule has 0 saturated heterocycles. The van der Waals surface area contributed by atoms with E-state index in [1.165, 1.54) is 0 Å². The monoisotopic (exact) mass is 248 g/mol. The van der Waals surface area contributed by atoms with Crippen molar-refractivity contribution in [2.45, 2.75) is 26.2 Å². The molecule has 1 aromatic rings. The van der Waals surface area contributed by atoms with Gasteiger partial charge in [-0.2, -0.15) is 0 Å². The Morgan fingerprint density at radius 2 is 1.94 bits per heavy atom. The van der Waals surface area contributed by atoms with Gasteiger partial charge in [-0.25, -0.2) is 4.79 Å². The Bertz CT molecular complexity index is 641. The molecule has 1 rings (SSSR count). The summed E-state index contributed by atoms with van der Waals surface area (Å²) < 4.78 is 74.6. The van der Waals surface area contributed by atoms with Crippen LogP contribution < -0.4 is 4.74 Å². The summed E-state index contributed by atoms with van der Waals surface area (Å²) in [5.74, 6) is -0.351. The lowest BCUT2D eigenvalue weighted by Crippen LogP contribution is -2.25. The minimum absolute atomic E-state index is 0.340. The number of nitrogens with zero attached hydrogens (tertiary/aromatic N) is 1. The molecule has 0 aromatic heterocycles. The fraction of sp³-hybridized carbons (Fsp3) is 0.364. The molecule has 0 saturated carbocycles. The van der Waals surface area contributed by atoms with Crippen LogP contribution >= 0.6 is 0 Å². The number of nitro benzene ring substituents is 1. The molecule has 0 atom stereocenters. The molecule has 6 heteroatoms. The molecule has 0 amide bonds. The molecule has 0 fully saturated rings. The van der Waals surface area contributed by atoms with Crippen LogP contribution in [0.3, 0.4) is 0 Å². The van der Waals surface area contributed by atoms with Crippen molar-refractivity contribution in [3.63, 3.8) is 0 Å². The number of nitro groups is 1. The van der Waals surface area contributed by atoms with E-state index in [1.54, 1.807) is 0 Å². The van der Waals surface area contributed by atoms with Gasteiger partial charge in [0.2, 0.25) is 0 Å². The lowest BCUT2D eigenvalue weighted by atomic mass is 10.2. The van der Waals surface area contributed by atoms with Gasteiger partial charge in [0.15, 0.2) is 0 Å². The molecule has 1 aromatic carbocycles. The largest absolute Gasteiger partial charge is 0.514 e. The topological polar surface area (TPSA) is 78.7 Å². The first-order valence-corrected chi connectivity index (χ1v) is 4.18. The Balaban J connectivity index is 3.19. The summed E-state index contributed by atoms with van der Waals surface area (Å²) in [6.07, 6.45) is -1.90. The van der Waals surface area contributed by atoms with Crippen molar-refractivity contribution in [1.82, 2.24) is 0 Å². The maximum absolute atomic E-state index is 11.9. The molecule has 0 spiro atoms. The van der Waals surface area contributed by atoms with Gasteiger partial charge in [-0.15, -0.1) is 0 Å². The van der Waals surface area contributed by atoms with E-state index in [0.717, 1.165) is 24.3 Å². The lowest BCUT2D eigenvalue weighted by molar-refractivity contribution is -0.384. The number of rotatable bonds is 2. The van der Waals surface area contributed by atoms with Gasteiger partial charge in [0.25, 0.3) is 5.69 Å². The first kappa shape index (κ1) is 5.03. The number of carbonyl (C=O) groups is 1. The van der Waals surface area contributed by atoms with E-state index < -0.39 is 37.2 Å². The van der Waals surface area contributed by atoms with E-state index in [0.29, 0.717) is 0 Å². The van der Waals surface area contributed by atoms with Crippen LogP contribution in [0, 0.1) is 10.1 Å². The van der Waals surface area contributed by atoms with Crippen molar-refractivity contribution in [3.05, 3.63) is 34.4 Å². The molecule has 0 radical (unpaired) electrons. The quantitative estimate of drug-likeness (QED) is 0.348. The molecule has 0 aliphatic rings. The second kappa shape index (κ2) is 4.82. The zero-order chi connectivity index (χ0) is 20.6. The minimum Gasteiger partial charge on any atom is -0.428 e. The Morgan fingerprint density at radius 3 is 2.41 bits per heavy atom. The average Bonchev–Trinajstić information content (AvgIpc) is 2.41. The normalized spacial score (nSPS) is 20.8. The summed E-state index contributed by atoms with van der Waals surface area (Å²) in [6, 6.07) is 3.82. The van der Waals surface area contributed by atoms with Gasteiger partial charge in [0.05, 0.1) is 4.92 Å². The van der Waals surface area contributed by atoms with Crippen LogP contribution in [-0.2, 0) is 4.74 Å². The molecular weight excluding hydrogens is 226 g/mol. The smallest absolute Gasteiger partial charge is 0.428 e. The van der Waals surface area contributed by atoms with Gasteiger partial charge in [-0.3, -0.25) is 10.1 Å². The van der Waals surface area contributed by atoms with Gasteiger partial charge in [0, 0.05) is 24.5 Å². The van der Waals surface area contributed by atoms with Crippen LogP contribution in [0.1, 0.15) is 32.9 Å². The fourth-order valence-electron chi connectivity index (χ4n) is 0.878. The predicted molar refractivity (Wildman–Crippen MR) is 60.0 cm³/mol. The van der Waals surface area contributed by atoms with E-state index in [-0.39, 0.29) is 11.4 Å². The minimum atomic E-state index is -3.83. The van der Waals surface area contributed by atoms with Crippen molar-refractivity contribution in [2.24, 2.45) is 0 Å². The standard InChI is InChI=1S/C11H13NO5/c1-11(2,3)17-10(13)16-9-6-4-8(5-7-9)12(14)15/h4-7H,1-3H3/i1D3,2D3,3D3. The van der Waals surface area contributed by atoms with E-state index in [4.69, 9.17) is 12.3 Å². The number of non-ortho nitro benzene ring substituents is 1. The SMILES string of the molecule is [2H]C([2H])([2H])C(OC(=O)Oc1ccc([N+](=O)[O-])cc1)(C([2H])([2H])[2H])C([2H])([2H])[2H]. The third-order valence-electron chi connectivity index (χ3n) is 1.49. The van der Waals surface area contributed by atoms with Gasteiger partial charge < -0.3 is 9.47 Å². The molecule has 0 aliphatic heterocycles. The molecule has 92 valence electrons. The molecule has 0 heterocycles. The second-order valence-electron chi connectivity index (χ2n) is 2.89. The zero-order valence-corrected chi connectivity index (χ0v) is 8.30. The third kappa shape index (κ3) is 4.50. The van der Waals surface area contributed by atoms with Crippen LogP contribution in [0.5, 0.6) is 5.75 Å². The molecule has 6 nitrogen and oxygen atoms in total. The number of hydrogen-bond donors (Lipinski definition) is 0. The van der Waals surface area contributed by atoms with Crippen molar-refractivity contribution in [2.75, 3.05) is 0 Å². The van der Waals surface area contributed by atoms with Crippen molar-refractivity contribution in [1.29, 1.82) is 0 Å². The van der Waals surface area contributed by atoms with Crippen molar-refractivity contribution in [3.8, 4) is 5.75 Å². The van der Waals surface area contributed by atoms with Crippen LogP contribution in [0.15, 0.2) is 24.3 Å². The van der Waals surface area contributed by atoms with Gasteiger partial charge in [0.1, 0.15) is 11.4 Å². The molecule has 0 unspecified atom stereocenters. The molecular formula is C11H13NO5. The Morgan fingerprint density at radius 1 is 1.35 bits per heavy atom. The van der Waals surface area contributed by atoms with E-state index in [2.05, 4.69) is 9.47 Å². The Labute approximate surface area is 111 Å². The first-order chi connectivity index (χ1) is 11.5. The van der Waals surface area contributed by atoms with E-state index >= 15 is 0 Å². The average molecular weight is 248 g/mol. The maximum Gasteiger partial charge on any atom is 0.514 e. The highest BCUT2D eigenvalue weighted by Gasteiger charge is 2.18. The van der Waals surface area contributed by atoms with Gasteiger partial charge in [-0.05, 0) is 32.7 Å². The lowest BCUT2D eigenvalue weighted by Gasteiger charge is -2.18. The summed E-state index contributed by atoms with van der Waals surface area (Å²) in [7, 11) is 0. The highest BCUT2D eigenvalue weighted by Crippen LogP contribution is 2.18. The highest BCUT2D eigenvalue weighted by atomic mass is 16.7. The second-order valence-corrected chi connectivity index (χ2v) is 2.89. The Kier molecular flexibility index (Phi) is 1.43. The predicted octanol–water partition coefficient (Wildman–Crippen LogP) is 2.91. The number of carbonyl (C=O) groups excluding carboxylic acids is 1. The molecule has 0 N–H and O–H groups in total. The van der Waals surface area contributed by atoms with E-state index in [9.17, 15) is 14.9 Å². The zero-order valence-electron chi connectivity index (χ0n) is 17.3. The number of hydrogen-bond acceptors (Lipinski definition) is 5. The van der Waals surface area contributed by atoms with Crippen molar-refractivity contribution >= 4 is 11.8 Å².